The molecule has 1 amide bonds. The molecule has 3 fully saturated rings. The van der Waals surface area contributed by atoms with Gasteiger partial charge in [0.15, 0.2) is 0 Å². The Balaban J connectivity index is 1.39. The lowest BCUT2D eigenvalue weighted by Gasteiger charge is -2.25. The van der Waals surface area contributed by atoms with E-state index in [0.29, 0.717) is 24.8 Å². The Morgan fingerprint density at radius 3 is 2.41 bits per heavy atom. The van der Waals surface area contributed by atoms with Crippen molar-refractivity contribution in [3.8, 4) is 0 Å². The first kappa shape index (κ1) is 20.9. The maximum atomic E-state index is 13.2. The number of carbonyl (C=O) groups excluding carboxylic acids is 1. The van der Waals surface area contributed by atoms with Crippen LogP contribution in [0, 0.1) is 5.92 Å². The molecule has 1 heterocycles. The minimum Gasteiger partial charge on any atom is -0.342 e. The normalized spacial score (nSPS) is 28.7. The SMILES string of the molecule is CS(=O)(=O)NC1CCCN(C(=O)C2CC2c2ccccc2C2CCCCC2)CC1. The van der Waals surface area contributed by atoms with Crippen LogP contribution >= 0.6 is 0 Å². The minimum atomic E-state index is -3.20. The molecule has 4 rings (SSSR count). The maximum Gasteiger partial charge on any atom is 0.226 e. The van der Waals surface area contributed by atoms with Gasteiger partial charge in [0.2, 0.25) is 15.9 Å². The zero-order valence-electron chi connectivity index (χ0n) is 17.5. The fourth-order valence-electron chi connectivity index (χ4n) is 5.42. The smallest absolute Gasteiger partial charge is 0.226 e. The molecule has 1 aromatic rings. The van der Waals surface area contributed by atoms with Crippen molar-refractivity contribution in [2.24, 2.45) is 5.92 Å². The zero-order chi connectivity index (χ0) is 20.4. The third kappa shape index (κ3) is 5.21. The lowest BCUT2D eigenvalue weighted by molar-refractivity contribution is -0.132. The second-order valence-electron chi connectivity index (χ2n) is 9.26. The molecular formula is C23H34N2O3S. The van der Waals surface area contributed by atoms with Gasteiger partial charge in [0.25, 0.3) is 0 Å². The van der Waals surface area contributed by atoms with E-state index < -0.39 is 10.0 Å². The van der Waals surface area contributed by atoms with Crippen LogP contribution in [0.3, 0.4) is 0 Å². The number of likely N-dealkylation sites (tertiary alicyclic amines) is 1. The lowest BCUT2D eigenvalue weighted by Crippen LogP contribution is -2.36. The number of nitrogens with zero attached hydrogens (tertiary/aromatic N) is 1. The number of benzene rings is 1. The molecule has 5 nitrogen and oxygen atoms in total. The van der Waals surface area contributed by atoms with Crippen molar-refractivity contribution in [3.63, 3.8) is 0 Å². The molecule has 6 heteroatoms. The Hall–Kier alpha value is -1.40. The second kappa shape index (κ2) is 8.76. The van der Waals surface area contributed by atoms with Gasteiger partial charge in [-0.15, -0.1) is 0 Å². The van der Waals surface area contributed by atoms with E-state index in [4.69, 9.17) is 0 Å². The molecule has 0 aromatic heterocycles. The average molecular weight is 419 g/mol. The molecule has 3 aliphatic rings. The molecule has 2 aliphatic carbocycles. The fourth-order valence-corrected chi connectivity index (χ4v) is 6.26. The third-order valence-electron chi connectivity index (χ3n) is 6.97. The Labute approximate surface area is 175 Å². The van der Waals surface area contributed by atoms with Crippen LogP contribution in [0.25, 0.3) is 0 Å². The van der Waals surface area contributed by atoms with E-state index in [-0.39, 0.29) is 17.9 Å². The van der Waals surface area contributed by atoms with Crippen molar-refractivity contribution in [1.82, 2.24) is 9.62 Å². The molecule has 1 aliphatic heterocycles. The predicted molar refractivity (Wildman–Crippen MR) is 115 cm³/mol. The van der Waals surface area contributed by atoms with E-state index in [1.165, 1.54) is 49.5 Å². The summed E-state index contributed by atoms with van der Waals surface area (Å²) in [7, 11) is -3.20. The number of sulfonamides is 1. The molecule has 1 saturated heterocycles. The fraction of sp³-hybridized carbons (Fsp3) is 0.696. The van der Waals surface area contributed by atoms with Crippen molar-refractivity contribution in [3.05, 3.63) is 35.4 Å². The van der Waals surface area contributed by atoms with E-state index in [2.05, 4.69) is 29.0 Å². The zero-order valence-corrected chi connectivity index (χ0v) is 18.3. The number of hydrogen-bond donors (Lipinski definition) is 1. The maximum absolute atomic E-state index is 13.2. The average Bonchev–Trinajstić information content (AvgIpc) is 3.52. The highest BCUT2D eigenvalue weighted by Gasteiger charge is 2.47. The molecule has 1 N–H and O–H groups in total. The summed E-state index contributed by atoms with van der Waals surface area (Å²) in [5.41, 5.74) is 2.89. The molecule has 1 aromatic carbocycles. The van der Waals surface area contributed by atoms with Crippen molar-refractivity contribution in [2.75, 3.05) is 19.3 Å². The van der Waals surface area contributed by atoms with Crippen molar-refractivity contribution in [1.29, 1.82) is 0 Å². The van der Waals surface area contributed by atoms with Gasteiger partial charge in [0.1, 0.15) is 0 Å². The Bertz CT molecular complexity index is 832. The topological polar surface area (TPSA) is 66.5 Å². The van der Waals surface area contributed by atoms with Crippen LogP contribution in [0.15, 0.2) is 24.3 Å². The quantitative estimate of drug-likeness (QED) is 0.792. The van der Waals surface area contributed by atoms with Crippen molar-refractivity contribution < 1.29 is 13.2 Å². The van der Waals surface area contributed by atoms with E-state index >= 15 is 0 Å². The lowest BCUT2D eigenvalue weighted by atomic mass is 9.81. The van der Waals surface area contributed by atoms with Gasteiger partial charge in [-0.1, -0.05) is 43.5 Å². The molecule has 2 saturated carbocycles. The van der Waals surface area contributed by atoms with E-state index in [0.717, 1.165) is 25.8 Å². The highest BCUT2D eigenvalue weighted by molar-refractivity contribution is 7.88. The number of amides is 1. The van der Waals surface area contributed by atoms with Crippen LogP contribution < -0.4 is 4.72 Å². The first-order valence-corrected chi connectivity index (χ1v) is 13.2. The van der Waals surface area contributed by atoms with Gasteiger partial charge in [0, 0.05) is 25.0 Å². The standard InChI is InChI=1S/C23H34N2O3S/c1-29(27,28)24-18-10-7-14-25(15-13-18)23(26)22-16-21(22)20-12-6-5-11-19(20)17-8-3-2-4-9-17/h5-6,11-12,17-18,21-22,24H,2-4,7-10,13-16H2,1H3. The van der Waals surface area contributed by atoms with Crippen LogP contribution in [0.4, 0.5) is 0 Å². The molecule has 0 bridgehead atoms. The van der Waals surface area contributed by atoms with Gasteiger partial charge in [0.05, 0.1) is 6.26 Å². The van der Waals surface area contributed by atoms with Gasteiger partial charge in [-0.3, -0.25) is 4.79 Å². The van der Waals surface area contributed by atoms with Gasteiger partial charge in [-0.25, -0.2) is 13.1 Å². The molecular weight excluding hydrogens is 384 g/mol. The van der Waals surface area contributed by atoms with Crippen molar-refractivity contribution >= 4 is 15.9 Å². The molecule has 3 atom stereocenters. The summed E-state index contributed by atoms with van der Waals surface area (Å²) in [6.07, 6.45) is 11.1. The number of carbonyl (C=O) groups is 1. The summed E-state index contributed by atoms with van der Waals surface area (Å²) in [6.45, 7) is 1.40. The van der Waals surface area contributed by atoms with E-state index in [1.807, 2.05) is 4.90 Å². The molecule has 160 valence electrons. The van der Waals surface area contributed by atoms with Crippen LogP contribution in [0.2, 0.25) is 0 Å². The van der Waals surface area contributed by atoms with E-state index in [1.54, 1.807) is 0 Å². The number of nitrogens with one attached hydrogen (secondary N) is 1. The monoisotopic (exact) mass is 418 g/mol. The predicted octanol–water partition coefficient (Wildman–Crippen LogP) is 3.77. The Kier molecular flexibility index (Phi) is 6.30. The number of hydrogen-bond acceptors (Lipinski definition) is 3. The van der Waals surface area contributed by atoms with Gasteiger partial charge in [-0.2, -0.15) is 0 Å². The molecule has 0 radical (unpaired) electrons. The second-order valence-corrected chi connectivity index (χ2v) is 11.0. The van der Waals surface area contributed by atoms with Crippen molar-refractivity contribution in [2.45, 2.75) is 75.7 Å². The first-order valence-electron chi connectivity index (χ1n) is 11.3. The summed E-state index contributed by atoms with van der Waals surface area (Å²) in [4.78, 5) is 15.1. The summed E-state index contributed by atoms with van der Waals surface area (Å²) in [6, 6.07) is 8.75. The summed E-state index contributed by atoms with van der Waals surface area (Å²) in [5.74, 6) is 1.42. The highest BCUT2D eigenvalue weighted by atomic mass is 32.2. The summed E-state index contributed by atoms with van der Waals surface area (Å²) in [5, 5.41) is 0. The summed E-state index contributed by atoms with van der Waals surface area (Å²) < 4.78 is 25.7. The number of rotatable bonds is 5. The van der Waals surface area contributed by atoms with Gasteiger partial charge < -0.3 is 4.90 Å². The molecule has 0 spiro atoms. The Morgan fingerprint density at radius 1 is 0.966 bits per heavy atom. The van der Waals surface area contributed by atoms with E-state index in [9.17, 15) is 13.2 Å². The van der Waals surface area contributed by atoms with Crippen LogP contribution in [0.1, 0.15) is 80.8 Å². The van der Waals surface area contributed by atoms with Crippen LogP contribution in [0.5, 0.6) is 0 Å². The van der Waals surface area contributed by atoms with Gasteiger partial charge >= 0.3 is 0 Å². The first-order chi connectivity index (χ1) is 13.9. The largest absolute Gasteiger partial charge is 0.342 e. The Morgan fingerprint density at radius 2 is 1.69 bits per heavy atom. The summed E-state index contributed by atoms with van der Waals surface area (Å²) >= 11 is 0. The van der Waals surface area contributed by atoms with Crippen LogP contribution in [-0.2, 0) is 14.8 Å². The minimum absolute atomic E-state index is 0.0511. The van der Waals surface area contributed by atoms with Gasteiger partial charge in [-0.05, 0) is 61.5 Å². The highest BCUT2D eigenvalue weighted by Crippen LogP contribution is 2.51. The molecule has 3 unspecified atom stereocenters. The van der Waals surface area contributed by atoms with Crippen LogP contribution in [-0.4, -0.2) is 44.6 Å². The molecule has 29 heavy (non-hydrogen) atoms. The third-order valence-corrected chi connectivity index (χ3v) is 7.73.